The Morgan fingerprint density at radius 1 is 0.260 bits per heavy atom. The lowest BCUT2D eigenvalue weighted by atomic mass is 9.91. The fourth-order valence-electron chi connectivity index (χ4n) is 8.26. The van der Waals surface area contributed by atoms with E-state index in [1.54, 1.807) is 42.5 Å². The summed E-state index contributed by atoms with van der Waals surface area (Å²) < 4.78 is 298. The minimum Gasteiger partial charge on any atom is -0.508 e. The molecule has 0 saturated carbocycles. The SMILES string of the molecule is N#Cc1ccc(O)cc1.N#Cc1cccc(O)c1.N#Cc1ccccc1O.O=[N+]([O-])c1ccc(O)cc1.O=[N+]([O-])c1cccc(O)c1.O=[N+]([O-])c1ccccc1O.Oc1c(C(F)(F)F)cccc1C(F)(F)F.Oc1cc(C(F)(F)F)cc(C(F)(F)F)c1.Oc1ccc(-c2c(C(F)(F)F)cc(C(F)(F)F)cc2C(F)(F)F)cc1.Oc1ccc(C(F)(F)F)cc1. The predicted molar refractivity (Wildman–Crippen MR) is 381 cm³/mol. The number of phenolic OH excluding ortho intramolecular Hbond substituents is 10. The maximum Gasteiger partial charge on any atom is 0.419 e. The average molecular weight is 1770 g/mol. The first kappa shape index (κ1) is 103. The maximum absolute atomic E-state index is 13.2. The first-order chi connectivity index (χ1) is 56.6. The van der Waals surface area contributed by atoms with Gasteiger partial charge in [0, 0.05) is 29.8 Å². The summed E-state index contributed by atoms with van der Waals surface area (Å²) in [7, 11) is 0. The van der Waals surface area contributed by atoms with E-state index in [1.807, 2.05) is 18.2 Å². The van der Waals surface area contributed by atoms with Crippen LogP contribution in [0, 0.1) is 64.3 Å². The quantitative estimate of drug-likeness (QED) is 0.0444. The van der Waals surface area contributed by atoms with E-state index in [0.29, 0.717) is 34.9 Å². The lowest BCUT2D eigenvalue weighted by Gasteiger charge is -2.21. The fourth-order valence-corrected chi connectivity index (χ4v) is 8.26. The third kappa shape index (κ3) is 36.4. The Morgan fingerprint density at radius 3 is 0.927 bits per heavy atom. The highest BCUT2D eigenvalue weighted by Gasteiger charge is 2.46. The molecular weight excluding hydrogens is 1720 g/mol. The molecule has 22 nitrogen and oxygen atoms in total. The van der Waals surface area contributed by atoms with Crippen LogP contribution in [0.3, 0.4) is 0 Å². The number of alkyl halides is 24. The number of non-ortho nitro benzene ring substituents is 2. The second-order valence-electron chi connectivity index (χ2n) is 22.7. The molecule has 0 aromatic heterocycles. The second-order valence-corrected chi connectivity index (χ2v) is 22.7. The Morgan fingerprint density at radius 2 is 0.610 bits per heavy atom. The van der Waals surface area contributed by atoms with Gasteiger partial charge >= 0.3 is 55.1 Å². The van der Waals surface area contributed by atoms with Crippen LogP contribution in [0.15, 0.2) is 243 Å². The number of nitrogens with zero attached hydrogens (tertiary/aromatic N) is 6. The van der Waals surface area contributed by atoms with Crippen LogP contribution >= 0.6 is 0 Å². The van der Waals surface area contributed by atoms with Crippen LogP contribution in [0.1, 0.15) is 61.2 Å². The molecule has 11 aromatic rings. The van der Waals surface area contributed by atoms with E-state index < -0.39 is 137 Å². The van der Waals surface area contributed by atoms with Crippen LogP contribution < -0.4 is 0 Å². The van der Waals surface area contributed by atoms with E-state index in [-0.39, 0.29) is 87.6 Å². The van der Waals surface area contributed by atoms with Crippen molar-refractivity contribution < 1.29 is 171 Å². The summed E-state index contributed by atoms with van der Waals surface area (Å²) in [5.74, 6) is -3.46. The van der Waals surface area contributed by atoms with Gasteiger partial charge in [0.1, 0.15) is 57.8 Å². The molecular formula is C77H50F24N6O16. The van der Waals surface area contributed by atoms with Crippen molar-refractivity contribution in [3.63, 3.8) is 0 Å². The van der Waals surface area contributed by atoms with Crippen molar-refractivity contribution in [1.82, 2.24) is 0 Å². The summed E-state index contributed by atoms with van der Waals surface area (Å²) in [6, 6.07) is 48.1. The lowest BCUT2D eigenvalue weighted by molar-refractivity contribution is -0.385. The zero-order valence-electron chi connectivity index (χ0n) is 60.3. The van der Waals surface area contributed by atoms with E-state index in [9.17, 15) is 136 Å². The minimum atomic E-state index is -5.46. The molecule has 0 amide bonds. The second kappa shape index (κ2) is 44.8. The number of hydrogen-bond donors (Lipinski definition) is 10. The molecule has 0 aliphatic carbocycles. The number of benzene rings is 11. The van der Waals surface area contributed by atoms with E-state index >= 15 is 0 Å². The Balaban J connectivity index is 0.000000473. The molecule has 0 saturated heterocycles. The molecule has 0 aliphatic rings. The summed E-state index contributed by atoms with van der Waals surface area (Å²) in [6.07, 6.45) is -40.5. The molecule has 11 aromatic carbocycles. The number of nitro benzene ring substituents is 3. The molecule has 652 valence electrons. The standard InChI is InChI=1S/C15H7F9O.2C8H4F6O.C7H5F3O.3C7H5NO.3C6H5NO3/c16-13(17,18)8-5-10(14(19,20)21)12(11(6-8)15(22,23)24)7-1-3-9(25)4-2-7;9-7(10,11)4-1-5(8(12,13)14)3-6(15)2-4;9-7(10,11)4-2-1-3-5(6(4)15)8(12,13)14;8-7(9,10)5-1-3-6(11)4-2-5;8-5-6-1-3-7(9)4-2-6;8-5-6-2-1-3-7(9)4-6;8-5-6-3-1-2-4-7(6)9;8-6-3-1-5(2-4-6)7(9)10;8-6-3-1-2-5(4-6)7(9)10;8-6-4-2-1-3-5(6)7(9)10/h1-6,25H;2*1-3,15H;1-4,11H;3*1-4,9H;3*1-4,8H. The van der Waals surface area contributed by atoms with Gasteiger partial charge < -0.3 is 51.1 Å². The van der Waals surface area contributed by atoms with Gasteiger partial charge in [0.25, 0.3) is 11.4 Å². The Bertz CT molecular complexity index is 5340. The van der Waals surface area contributed by atoms with Crippen LogP contribution in [-0.4, -0.2) is 65.8 Å². The van der Waals surface area contributed by atoms with E-state index in [4.69, 9.17) is 66.9 Å². The highest BCUT2D eigenvalue weighted by molar-refractivity contribution is 5.74. The van der Waals surface area contributed by atoms with E-state index in [1.165, 1.54) is 97.1 Å². The lowest BCUT2D eigenvalue weighted by Crippen LogP contribution is -2.18. The highest BCUT2D eigenvalue weighted by atomic mass is 19.4. The molecule has 0 radical (unpaired) electrons. The first-order valence-corrected chi connectivity index (χ1v) is 31.9. The van der Waals surface area contributed by atoms with Crippen LogP contribution in [0.25, 0.3) is 11.1 Å². The monoisotopic (exact) mass is 1770 g/mol. The molecule has 0 aliphatic heterocycles. The summed E-state index contributed by atoms with van der Waals surface area (Å²) >= 11 is 0. The van der Waals surface area contributed by atoms with Crippen molar-refractivity contribution in [3.05, 3.63) is 334 Å². The van der Waals surface area contributed by atoms with Gasteiger partial charge in [-0.25, -0.2) is 0 Å². The fraction of sp³-hybridized carbons (Fsp3) is 0.104. The Labute approximate surface area is 672 Å². The summed E-state index contributed by atoms with van der Waals surface area (Å²) in [5.41, 5.74) is -14.5. The third-order valence-corrected chi connectivity index (χ3v) is 13.8. The Hall–Kier alpha value is -15.6. The van der Waals surface area contributed by atoms with Crippen LogP contribution in [0.4, 0.5) is 122 Å². The van der Waals surface area contributed by atoms with Gasteiger partial charge in [0.05, 0.1) is 94.2 Å². The largest absolute Gasteiger partial charge is 0.508 e. The number of nitriles is 3. The Kier molecular flexibility index (Phi) is 37.7. The molecule has 10 N–H and O–H groups in total. The maximum atomic E-state index is 13.2. The molecule has 0 unspecified atom stereocenters. The normalized spacial score (nSPS) is 10.9. The van der Waals surface area contributed by atoms with E-state index in [2.05, 4.69) is 0 Å². The summed E-state index contributed by atoms with van der Waals surface area (Å²) in [4.78, 5) is 28.5. The van der Waals surface area contributed by atoms with Gasteiger partial charge in [0.2, 0.25) is 0 Å². The molecule has 123 heavy (non-hydrogen) atoms. The number of aromatic hydroxyl groups is 10. The van der Waals surface area contributed by atoms with Crippen molar-refractivity contribution in [2.24, 2.45) is 0 Å². The number of hydrogen-bond acceptors (Lipinski definition) is 19. The number of rotatable bonds is 4. The van der Waals surface area contributed by atoms with Gasteiger partial charge in [-0.2, -0.15) is 121 Å². The van der Waals surface area contributed by atoms with Crippen LogP contribution in [-0.2, 0) is 49.4 Å². The van der Waals surface area contributed by atoms with Gasteiger partial charge in [-0.15, -0.1) is 0 Å². The topological polar surface area (TPSA) is 403 Å². The molecule has 0 fully saturated rings. The van der Waals surface area contributed by atoms with Gasteiger partial charge in [-0.05, 0) is 163 Å². The third-order valence-electron chi connectivity index (χ3n) is 13.8. The summed E-state index contributed by atoms with van der Waals surface area (Å²) in [5, 5.41) is 143. The van der Waals surface area contributed by atoms with Crippen molar-refractivity contribution in [2.45, 2.75) is 49.4 Å². The van der Waals surface area contributed by atoms with Gasteiger partial charge in [0.15, 0.2) is 5.75 Å². The van der Waals surface area contributed by atoms with Crippen molar-refractivity contribution >= 4 is 17.1 Å². The number of nitro groups is 3. The molecule has 46 heteroatoms. The zero-order chi connectivity index (χ0) is 94.1. The number of halogens is 24. The predicted octanol–water partition coefficient (Wildman–Crippen LogP) is 23.1. The molecule has 11 rings (SSSR count). The van der Waals surface area contributed by atoms with Gasteiger partial charge in [-0.3, -0.25) is 30.3 Å². The van der Waals surface area contributed by atoms with Crippen LogP contribution in [0.2, 0.25) is 0 Å². The zero-order valence-corrected chi connectivity index (χ0v) is 60.3. The smallest absolute Gasteiger partial charge is 0.419 e. The minimum absolute atomic E-state index is 0.0159. The van der Waals surface area contributed by atoms with Crippen molar-refractivity contribution in [3.8, 4) is 86.8 Å². The first-order valence-electron chi connectivity index (χ1n) is 31.9. The number of phenols is 10. The van der Waals surface area contributed by atoms with Gasteiger partial charge in [-0.1, -0.05) is 54.6 Å². The van der Waals surface area contributed by atoms with E-state index in [0.717, 1.165) is 54.6 Å². The highest BCUT2D eigenvalue weighted by Crippen LogP contribution is 2.49. The molecule has 0 bridgehead atoms. The average Bonchev–Trinajstić information content (AvgIpc) is 0.750. The van der Waals surface area contributed by atoms with Crippen molar-refractivity contribution in [1.29, 1.82) is 15.8 Å². The molecule has 0 spiro atoms. The molecule has 0 heterocycles. The van der Waals surface area contributed by atoms with Crippen molar-refractivity contribution in [2.75, 3.05) is 0 Å². The number of para-hydroxylation sites is 4. The molecule has 0 atom stereocenters. The summed E-state index contributed by atoms with van der Waals surface area (Å²) in [6.45, 7) is 0. The van der Waals surface area contributed by atoms with Crippen LogP contribution in [0.5, 0.6) is 57.5 Å².